The van der Waals surface area contributed by atoms with Crippen LogP contribution in [0.2, 0.25) is 0 Å². The first kappa shape index (κ1) is 17.0. The molecule has 1 aromatic heterocycles. The largest absolute Gasteiger partial charge is 0.394 e. The third kappa shape index (κ3) is 4.32. The lowest BCUT2D eigenvalue weighted by atomic mass is 10.2. The molecule has 0 radical (unpaired) electrons. The zero-order valence-electron chi connectivity index (χ0n) is 12.9. The molecule has 1 unspecified atom stereocenters. The molecule has 0 aliphatic carbocycles. The lowest BCUT2D eigenvalue weighted by Gasteiger charge is -2.23. The molecule has 0 bridgehead atoms. The van der Waals surface area contributed by atoms with Crippen molar-refractivity contribution in [3.8, 4) is 0 Å². The van der Waals surface area contributed by atoms with E-state index in [1.54, 1.807) is 35.0 Å². The number of benzene rings is 1. The van der Waals surface area contributed by atoms with Crippen LogP contribution < -0.4 is 0 Å². The number of rotatable bonds is 6. The summed E-state index contributed by atoms with van der Waals surface area (Å²) in [6, 6.07) is 7.38. The van der Waals surface area contributed by atoms with Crippen LogP contribution in [0.1, 0.15) is 28.0 Å². The third-order valence-corrected chi connectivity index (χ3v) is 5.27. The van der Waals surface area contributed by atoms with Crippen molar-refractivity contribution in [2.24, 2.45) is 0 Å². The van der Waals surface area contributed by atoms with Crippen LogP contribution in [0.15, 0.2) is 34.5 Å². The van der Waals surface area contributed by atoms with E-state index in [0.717, 1.165) is 21.3 Å². The predicted molar refractivity (Wildman–Crippen MR) is 91.5 cm³/mol. The molecule has 118 valence electrons. The van der Waals surface area contributed by atoms with Crippen LogP contribution in [0.25, 0.3) is 0 Å². The van der Waals surface area contributed by atoms with Crippen LogP contribution in [0.5, 0.6) is 0 Å². The zero-order valence-corrected chi connectivity index (χ0v) is 14.6. The highest BCUT2D eigenvalue weighted by Gasteiger charge is 2.16. The maximum atomic E-state index is 12.2. The van der Waals surface area contributed by atoms with Gasteiger partial charge >= 0.3 is 0 Å². The molecule has 1 amide bonds. The first-order valence-corrected chi connectivity index (χ1v) is 8.89. The van der Waals surface area contributed by atoms with Gasteiger partial charge in [0.1, 0.15) is 0 Å². The lowest BCUT2D eigenvalue weighted by molar-refractivity contribution is 0.0682. The Bertz CT molecular complexity index is 625. The standard InChI is InChI=1S/C16H20N2O2S2/c1-11(8-19)18(3)16(20)13-4-6-15(7-5-13)22-10-14-9-21-12(2)17-14/h4-7,9,11,19H,8,10H2,1-3H3. The number of aryl methyl sites for hydroxylation is 1. The summed E-state index contributed by atoms with van der Waals surface area (Å²) < 4.78 is 0. The van der Waals surface area contributed by atoms with Crippen molar-refractivity contribution in [3.05, 3.63) is 45.9 Å². The van der Waals surface area contributed by atoms with Crippen molar-refractivity contribution >= 4 is 29.0 Å². The van der Waals surface area contributed by atoms with Gasteiger partial charge in [-0.1, -0.05) is 0 Å². The molecule has 22 heavy (non-hydrogen) atoms. The predicted octanol–water partition coefficient (Wildman–Crippen LogP) is 3.20. The first-order valence-electron chi connectivity index (χ1n) is 7.03. The number of aliphatic hydroxyl groups excluding tert-OH is 1. The highest BCUT2D eigenvalue weighted by molar-refractivity contribution is 7.98. The van der Waals surface area contributed by atoms with E-state index in [-0.39, 0.29) is 18.6 Å². The number of thioether (sulfide) groups is 1. The molecule has 1 atom stereocenters. The fourth-order valence-corrected chi connectivity index (χ4v) is 3.36. The second kappa shape index (κ2) is 7.76. The quantitative estimate of drug-likeness (QED) is 0.823. The van der Waals surface area contributed by atoms with Gasteiger partial charge in [-0.3, -0.25) is 4.79 Å². The topological polar surface area (TPSA) is 53.4 Å². The van der Waals surface area contributed by atoms with Crippen molar-refractivity contribution in [2.75, 3.05) is 13.7 Å². The normalized spacial score (nSPS) is 12.2. The molecule has 1 N–H and O–H groups in total. The van der Waals surface area contributed by atoms with Crippen LogP contribution in [-0.2, 0) is 5.75 Å². The summed E-state index contributed by atoms with van der Waals surface area (Å²) in [5.74, 6) is 0.757. The Morgan fingerprint density at radius 2 is 2.09 bits per heavy atom. The van der Waals surface area contributed by atoms with E-state index in [4.69, 9.17) is 5.11 Å². The van der Waals surface area contributed by atoms with Crippen molar-refractivity contribution < 1.29 is 9.90 Å². The minimum Gasteiger partial charge on any atom is -0.394 e. The molecule has 1 aromatic carbocycles. The summed E-state index contributed by atoms with van der Waals surface area (Å²) in [4.78, 5) is 19.3. The van der Waals surface area contributed by atoms with Gasteiger partial charge in [0.15, 0.2) is 0 Å². The fraction of sp³-hybridized carbons (Fsp3) is 0.375. The number of carbonyl (C=O) groups is 1. The Morgan fingerprint density at radius 3 is 2.64 bits per heavy atom. The van der Waals surface area contributed by atoms with Gasteiger partial charge in [-0.2, -0.15) is 0 Å². The van der Waals surface area contributed by atoms with Gasteiger partial charge in [-0.25, -0.2) is 4.98 Å². The number of hydrogen-bond acceptors (Lipinski definition) is 5. The average molecular weight is 336 g/mol. The summed E-state index contributed by atoms with van der Waals surface area (Å²) in [5.41, 5.74) is 1.72. The molecular formula is C16H20N2O2S2. The molecule has 0 saturated carbocycles. The highest BCUT2D eigenvalue weighted by atomic mass is 32.2. The monoisotopic (exact) mass is 336 g/mol. The van der Waals surface area contributed by atoms with E-state index in [1.165, 1.54) is 0 Å². The van der Waals surface area contributed by atoms with Crippen molar-refractivity contribution in [1.29, 1.82) is 0 Å². The number of amides is 1. The van der Waals surface area contributed by atoms with Gasteiger partial charge in [-0.05, 0) is 38.1 Å². The van der Waals surface area contributed by atoms with E-state index in [9.17, 15) is 4.79 Å². The summed E-state index contributed by atoms with van der Waals surface area (Å²) in [7, 11) is 1.70. The van der Waals surface area contributed by atoms with Crippen LogP contribution in [0.3, 0.4) is 0 Å². The van der Waals surface area contributed by atoms with E-state index in [2.05, 4.69) is 10.4 Å². The number of likely N-dealkylation sites (N-methyl/N-ethyl adjacent to an activating group) is 1. The maximum absolute atomic E-state index is 12.2. The first-order chi connectivity index (χ1) is 10.5. The molecule has 0 saturated heterocycles. The lowest BCUT2D eigenvalue weighted by Crippen LogP contribution is -2.37. The minimum atomic E-state index is -0.186. The van der Waals surface area contributed by atoms with E-state index >= 15 is 0 Å². The Kier molecular flexibility index (Phi) is 5.99. The van der Waals surface area contributed by atoms with Gasteiger partial charge in [0, 0.05) is 28.6 Å². The highest BCUT2D eigenvalue weighted by Crippen LogP contribution is 2.24. The number of aliphatic hydroxyl groups is 1. The number of aromatic nitrogens is 1. The average Bonchev–Trinajstić information content (AvgIpc) is 2.96. The smallest absolute Gasteiger partial charge is 0.253 e. The Morgan fingerprint density at radius 1 is 1.41 bits per heavy atom. The molecule has 2 aromatic rings. The molecule has 6 heteroatoms. The maximum Gasteiger partial charge on any atom is 0.253 e. The summed E-state index contributed by atoms with van der Waals surface area (Å²) in [6.45, 7) is 3.78. The second-order valence-electron chi connectivity index (χ2n) is 5.12. The van der Waals surface area contributed by atoms with Gasteiger partial charge in [0.2, 0.25) is 0 Å². The van der Waals surface area contributed by atoms with E-state index in [0.29, 0.717) is 5.56 Å². The third-order valence-electron chi connectivity index (χ3n) is 3.40. The van der Waals surface area contributed by atoms with Crippen molar-refractivity contribution in [3.63, 3.8) is 0 Å². The Balaban J connectivity index is 1.96. The molecule has 0 aliphatic heterocycles. The van der Waals surface area contributed by atoms with Gasteiger partial charge in [0.25, 0.3) is 5.91 Å². The molecule has 0 spiro atoms. The molecule has 2 rings (SSSR count). The van der Waals surface area contributed by atoms with Crippen LogP contribution in [0, 0.1) is 6.92 Å². The molecule has 1 heterocycles. The zero-order chi connectivity index (χ0) is 16.1. The van der Waals surface area contributed by atoms with Gasteiger partial charge in [0.05, 0.1) is 23.4 Å². The SMILES string of the molecule is Cc1nc(CSc2ccc(C(=O)N(C)C(C)CO)cc2)cs1. The summed E-state index contributed by atoms with van der Waals surface area (Å²) in [6.07, 6.45) is 0. The fourth-order valence-electron chi connectivity index (χ4n) is 1.85. The number of thiazole rings is 1. The Labute approximate surface area is 139 Å². The molecular weight excluding hydrogens is 316 g/mol. The summed E-state index contributed by atoms with van der Waals surface area (Å²) in [5, 5.41) is 12.3. The van der Waals surface area contributed by atoms with E-state index in [1.807, 2.05) is 38.1 Å². The number of hydrogen-bond donors (Lipinski definition) is 1. The molecule has 0 fully saturated rings. The van der Waals surface area contributed by atoms with Crippen LogP contribution in [0.4, 0.5) is 0 Å². The second-order valence-corrected chi connectivity index (χ2v) is 7.23. The Hall–Kier alpha value is -1.37. The number of carbonyl (C=O) groups excluding carboxylic acids is 1. The van der Waals surface area contributed by atoms with E-state index < -0.39 is 0 Å². The van der Waals surface area contributed by atoms with Crippen LogP contribution >= 0.6 is 23.1 Å². The van der Waals surface area contributed by atoms with Crippen molar-refractivity contribution in [1.82, 2.24) is 9.88 Å². The van der Waals surface area contributed by atoms with Crippen molar-refractivity contribution in [2.45, 2.75) is 30.5 Å². The minimum absolute atomic E-state index is 0.0385. The van der Waals surface area contributed by atoms with Crippen LogP contribution in [-0.4, -0.2) is 40.6 Å². The summed E-state index contributed by atoms with van der Waals surface area (Å²) >= 11 is 3.36. The number of nitrogens with zero attached hydrogens (tertiary/aromatic N) is 2. The molecule has 0 aliphatic rings. The van der Waals surface area contributed by atoms with Gasteiger partial charge in [-0.15, -0.1) is 23.1 Å². The molecule has 4 nitrogen and oxygen atoms in total. The van der Waals surface area contributed by atoms with Gasteiger partial charge < -0.3 is 10.0 Å².